The van der Waals surface area contributed by atoms with Crippen LogP contribution in [0.25, 0.3) is 0 Å². The number of hydrogen-bond donors (Lipinski definition) is 0. The summed E-state index contributed by atoms with van der Waals surface area (Å²) >= 11 is 0. The lowest BCUT2D eigenvalue weighted by Gasteiger charge is -2.46. The molecule has 1 atom stereocenters. The molecule has 15 heavy (non-hydrogen) atoms. The highest BCUT2D eigenvalue weighted by molar-refractivity contribution is 6.89. The zero-order chi connectivity index (χ0) is 11.9. The van der Waals surface area contributed by atoms with Crippen LogP contribution in [0.4, 0.5) is 0 Å². The zero-order valence-electron chi connectivity index (χ0n) is 10.8. The maximum atomic E-state index is 11.2. The van der Waals surface area contributed by atoms with E-state index in [1.165, 1.54) is 0 Å². The molecule has 0 saturated carbocycles. The number of ether oxygens (including phenoxy) is 1. The van der Waals surface area contributed by atoms with E-state index in [0.29, 0.717) is 19.1 Å². The maximum absolute atomic E-state index is 11.2. The average molecular weight is 245 g/mol. The first-order valence-electron chi connectivity index (χ1n) is 5.57. The van der Waals surface area contributed by atoms with Crippen LogP contribution in [0.15, 0.2) is 0 Å². The number of carbonyl (C=O) groups is 1. The summed E-state index contributed by atoms with van der Waals surface area (Å²) in [6.07, 6.45) is 0.592. The van der Waals surface area contributed by atoms with Gasteiger partial charge in [-0.05, 0) is 0 Å². The standard InChI is InChI=1S/C10H23NO2Si2/c1-14(2,3)11(15(4,5)6)9-7-10(12)13-8-9/h9H,7-8H2,1-6H3. The predicted octanol–water partition coefficient (Wildman–Crippen LogP) is 2.27. The molecule has 1 aliphatic heterocycles. The summed E-state index contributed by atoms with van der Waals surface area (Å²) in [7, 11) is -2.71. The van der Waals surface area contributed by atoms with Crippen LogP contribution in [-0.2, 0) is 9.53 Å². The third-order valence-corrected chi connectivity index (χ3v) is 10.3. The number of hydrogen-bond acceptors (Lipinski definition) is 3. The summed E-state index contributed by atoms with van der Waals surface area (Å²) in [5.41, 5.74) is 0. The van der Waals surface area contributed by atoms with Gasteiger partial charge in [0.2, 0.25) is 0 Å². The number of carbonyl (C=O) groups excluding carboxylic acids is 1. The third-order valence-electron chi connectivity index (χ3n) is 2.65. The molecule has 0 N–H and O–H groups in total. The molecule has 0 bridgehead atoms. The molecule has 1 saturated heterocycles. The lowest BCUT2D eigenvalue weighted by atomic mass is 10.3. The molecule has 0 spiro atoms. The minimum Gasteiger partial charge on any atom is -0.464 e. The van der Waals surface area contributed by atoms with Gasteiger partial charge in [0, 0.05) is 6.04 Å². The van der Waals surface area contributed by atoms with Gasteiger partial charge in [-0.15, -0.1) is 0 Å². The largest absolute Gasteiger partial charge is 0.464 e. The van der Waals surface area contributed by atoms with Crippen molar-refractivity contribution in [2.45, 2.75) is 51.7 Å². The molecule has 0 aliphatic carbocycles. The molecule has 0 radical (unpaired) electrons. The van der Waals surface area contributed by atoms with E-state index in [-0.39, 0.29) is 5.97 Å². The Morgan fingerprint density at radius 3 is 1.87 bits per heavy atom. The fourth-order valence-electron chi connectivity index (χ4n) is 2.77. The summed E-state index contributed by atoms with van der Waals surface area (Å²) in [6, 6.07) is 0.343. The number of esters is 1. The Balaban J connectivity index is 2.88. The molecule has 0 aromatic carbocycles. The van der Waals surface area contributed by atoms with Gasteiger partial charge in [-0.25, -0.2) is 0 Å². The second kappa shape index (κ2) is 4.03. The van der Waals surface area contributed by atoms with E-state index < -0.39 is 16.5 Å². The topological polar surface area (TPSA) is 29.5 Å². The predicted molar refractivity (Wildman–Crippen MR) is 67.9 cm³/mol. The molecular weight excluding hydrogens is 222 g/mol. The summed E-state index contributed by atoms with van der Waals surface area (Å²) < 4.78 is 7.76. The molecule has 5 heteroatoms. The summed E-state index contributed by atoms with van der Waals surface area (Å²) in [6.45, 7) is 14.7. The van der Waals surface area contributed by atoms with Gasteiger partial charge in [0.05, 0.1) is 6.42 Å². The fourth-order valence-corrected chi connectivity index (χ4v) is 13.3. The van der Waals surface area contributed by atoms with Gasteiger partial charge in [-0.3, -0.25) is 4.79 Å². The molecule has 0 amide bonds. The van der Waals surface area contributed by atoms with Crippen molar-refractivity contribution in [1.29, 1.82) is 0 Å². The van der Waals surface area contributed by atoms with E-state index in [4.69, 9.17) is 4.74 Å². The van der Waals surface area contributed by atoms with Crippen molar-refractivity contribution in [2.75, 3.05) is 6.61 Å². The van der Waals surface area contributed by atoms with Gasteiger partial charge < -0.3 is 8.97 Å². The van der Waals surface area contributed by atoms with Crippen molar-refractivity contribution in [1.82, 2.24) is 4.23 Å². The first-order valence-corrected chi connectivity index (χ1v) is 12.5. The lowest BCUT2D eigenvalue weighted by Crippen LogP contribution is -2.63. The highest BCUT2D eigenvalue weighted by atomic mass is 28.4. The van der Waals surface area contributed by atoms with Crippen molar-refractivity contribution in [3.8, 4) is 0 Å². The van der Waals surface area contributed by atoms with Gasteiger partial charge in [0.15, 0.2) is 0 Å². The van der Waals surface area contributed by atoms with Crippen LogP contribution in [0.3, 0.4) is 0 Å². The molecule has 1 unspecified atom stereocenters. The Morgan fingerprint density at radius 2 is 1.60 bits per heavy atom. The molecule has 0 aromatic rings. The highest BCUT2D eigenvalue weighted by Crippen LogP contribution is 2.27. The van der Waals surface area contributed by atoms with Crippen molar-refractivity contribution >= 4 is 22.4 Å². The van der Waals surface area contributed by atoms with E-state index in [0.717, 1.165) is 0 Å². The van der Waals surface area contributed by atoms with E-state index in [9.17, 15) is 4.79 Å². The van der Waals surface area contributed by atoms with Gasteiger partial charge in [-0.1, -0.05) is 39.3 Å². The van der Waals surface area contributed by atoms with Gasteiger partial charge in [0.25, 0.3) is 0 Å². The van der Waals surface area contributed by atoms with Crippen LogP contribution in [-0.4, -0.2) is 39.3 Å². The molecule has 1 aliphatic rings. The maximum Gasteiger partial charge on any atom is 0.307 e. The van der Waals surface area contributed by atoms with E-state index in [2.05, 4.69) is 43.5 Å². The smallest absolute Gasteiger partial charge is 0.307 e. The van der Waals surface area contributed by atoms with Gasteiger partial charge >= 0.3 is 5.97 Å². The minimum absolute atomic E-state index is 0.0264. The van der Waals surface area contributed by atoms with Crippen LogP contribution < -0.4 is 0 Å². The Labute approximate surface area is 95.0 Å². The summed E-state index contributed by atoms with van der Waals surface area (Å²) in [5.74, 6) is -0.0264. The average Bonchev–Trinajstić information content (AvgIpc) is 2.28. The summed E-state index contributed by atoms with van der Waals surface area (Å²) in [4.78, 5) is 11.2. The quantitative estimate of drug-likeness (QED) is 0.564. The molecule has 1 rings (SSSR count). The van der Waals surface area contributed by atoms with Gasteiger partial charge in [0.1, 0.15) is 23.1 Å². The Bertz CT molecular complexity index is 241. The molecule has 1 fully saturated rings. The van der Waals surface area contributed by atoms with E-state index in [1.807, 2.05) is 0 Å². The number of rotatable bonds is 3. The van der Waals surface area contributed by atoms with Crippen LogP contribution in [0.5, 0.6) is 0 Å². The first-order chi connectivity index (χ1) is 6.62. The van der Waals surface area contributed by atoms with Crippen molar-refractivity contribution < 1.29 is 9.53 Å². The Hall–Kier alpha value is -0.136. The fraction of sp³-hybridized carbons (Fsp3) is 0.900. The van der Waals surface area contributed by atoms with Crippen LogP contribution in [0.1, 0.15) is 6.42 Å². The van der Waals surface area contributed by atoms with Crippen molar-refractivity contribution in [3.63, 3.8) is 0 Å². The van der Waals surface area contributed by atoms with Crippen LogP contribution in [0.2, 0.25) is 39.3 Å². The molecule has 1 heterocycles. The van der Waals surface area contributed by atoms with Gasteiger partial charge in [-0.2, -0.15) is 0 Å². The first kappa shape index (κ1) is 12.9. The lowest BCUT2D eigenvalue weighted by molar-refractivity contribution is -0.137. The van der Waals surface area contributed by atoms with Crippen molar-refractivity contribution in [2.24, 2.45) is 0 Å². The van der Waals surface area contributed by atoms with E-state index >= 15 is 0 Å². The van der Waals surface area contributed by atoms with Crippen LogP contribution in [0, 0.1) is 0 Å². The monoisotopic (exact) mass is 245 g/mol. The highest BCUT2D eigenvalue weighted by Gasteiger charge is 2.42. The second-order valence-electron chi connectivity index (χ2n) is 6.25. The zero-order valence-corrected chi connectivity index (χ0v) is 12.8. The normalized spacial score (nSPS) is 23.4. The van der Waals surface area contributed by atoms with Crippen molar-refractivity contribution in [3.05, 3.63) is 0 Å². The van der Waals surface area contributed by atoms with Crippen LogP contribution >= 0.6 is 0 Å². The third kappa shape index (κ3) is 3.16. The minimum atomic E-state index is -1.35. The molecule has 88 valence electrons. The Kier molecular flexibility index (Phi) is 3.47. The molecule has 3 nitrogen and oxygen atoms in total. The number of cyclic esters (lactones) is 1. The second-order valence-corrected chi connectivity index (χ2v) is 16.3. The Morgan fingerprint density at radius 1 is 1.13 bits per heavy atom. The van der Waals surface area contributed by atoms with E-state index in [1.54, 1.807) is 0 Å². The molecule has 0 aromatic heterocycles. The SMILES string of the molecule is C[Si](C)(C)N(C1COC(=O)C1)[Si](C)(C)C. The summed E-state index contributed by atoms with van der Waals surface area (Å²) in [5, 5.41) is 0. The number of nitrogens with zero attached hydrogens (tertiary/aromatic N) is 1. The molecular formula is C10H23NO2Si2.